The van der Waals surface area contributed by atoms with Crippen LogP contribution in [0.5, 0.6) is 17.2 Å². The zero-order valence-electron chi connectivity index (χ0n) is 15.6. The largest absolute Gasteiger partial charge is 0.497 e. The van der Waals surface area contributed by atoms with Crippen molar-refractivity contribution in [1.82, 2.24) is 4.98 Å². The van der Waals surface area contributed by atoms with Crippen LogP contribution in [0.25, 0.3) is 0 Å². The van der Waals surface area contributed by atoms with Gasteiger partial charge in [0.05, 0.1) is 38.0 Å². The highest BCUT2D eigenvalue weighted by Crippen LogP contribution is 2.40. The van der Waals surface area contributed by atoms with Gasteiger partial charge in [0.15, 0.2) is 0 Å². The number of hydrazone groups is 1. The van der Waals surface area contributed by atoms with Crippen LogP contribution >= 0.6 is 23.1 Å². The SMILES string of the molecule is COc1ccc(OC)c(Sc2cccc(OC)c2C=NNc2nc(N)cs2)c1. The molecular weight excluding hydrogens is 396 g/mol. The molecule has 146 valence electrons. The van der Waals surface area contributed by atoms with Gasteiger partial charge in [-0.15, -0.1) is 11.3 Å². The number of methoxy groups -OCH3 is 3. The molecule has 0 radical (unpaired) electrons. The van der Waals surface area contributed by atoms with Crippen molar-refractivity contribution in [2.45, 2.75) is 9.79 Å². The monoisotopic (exact) mass is 416 g/mol. The minimum Gasteiger partial charge on any atom is -0.497 e. The van der Waals surface area contributed by atoms with Crippen LogP contribution in [0.15, 0.2) is 56.7 Å². The smallest absolute Gasteiger partial charge is 0.205 e. The summed E-state index contributed by atoms with van der Waals surface area (Å²) in [5.41, 5.74) is 9.35. The number of hydrogen-bond donors (Lipinski definition) is 2. The van der Waals surface area contributed by atoms with E-state index in [1.165, 1.54) is 23.1 Å². The van der Waals surface area contributed by atoms with Gasteiger partial charge in [-0.1, -0.05) is 17.8 Å². The third-order valence-corrected chi connectivity index (χ3v) is 5.59. The van der Waals surface area contributed by atoms with Gasteiger partial charge in [-0.3, -0.25) is 5.43 Å². The van der Waals surface area contributed by atoms with E-state index < -0.39 is 0 Å². The summed E-state index contributed by atoms with van der Waals surface area (Å²) >= 11 is 2.92. The summed E-state index contributed by atoms with van der Waals surface area (Å²) in [6.45, 7) is 0. The van der Waals surface area contributed by atoms with Crippen molar-refractivity contribution in [2.24, 2.45) is 5.10 Å². The van der Waals surface area contributed by atoms with Crippen molar-refractivity contribution in [2.75, 3.05) is 32.5 Å². The molecular formula is C19H20N4O3S2. The lowest BCUT2D eigenvalue weighted by Gasteiger charge is -2.13. The molecule has 2 aromatic carbocycles. The molecule has 0 spiro atoms. The van der Waals surface area contributed by atoms with E-state index in [1.807, 2.05) is 36.4 Å². The van der Waals surface area contributed by atoms with Gasteiger partial charge in [-0.2, -0.15) is 5.10 Å². The third kappa shape index (κ3) is 4.68. The van der Waals surface area contributed by atoms with Crippen LogP contribution in [0.2, 0.25) is 0 Å². The van der Waals surface area contributed by atoms with Crippen molar-refractivity contribution in [3.05, 3.63) is 47.3 Å². The lowest BCUT2D eigenvalue weighted by Crippen LogP contribution is -1.97. The Morgan fingerprint density at radius 1 is 1.07 bits per heavy atom. The van der Waals surface area contributed by atoms with Crippen LogP contribution < -0.4 is 25.4 Å². The van der Waals surface area contributed by atoms with Gasteiger partial charge in [0, 0.05) is 10.3 Å². The molecule has 1 aromatic heterocycles. The molecule has 3 aromatic rings. The van der Waals surface area contributed by atoms with E-state index in [2.05, 4.69) is 15.5 Å². The molecule has 1 heterocycles. The Kier molecular flexibility index (Phi) is 6.62. The molecule has 0 aliphatic carbocycles. The Hall–Kier alpha value is -2.91. The van der Waals surface area contributed by atoms with Gasteiger partial charge in [0.2, 0.25) is 5.13 Å². The number of nitrogens with two attached hydrogens (primary N) is 1. The highest BCUT2D eigenvalue weighted by atomic mass is 32.2. The second kappa shape index (κ2) is 9.34. The molecule has 0 amide bonds. The average molecular weight is 417 g/mol. The van der Waals surface area contributed by atoms with Gasteiger partial charge in [-0.05, 0) is 30.3 Å². The van der Waals surface area contributed by atoms with E-state index in [0.29, 0.717) is 16.7 Å². The Morgan fingerprint density at radius 2 is 1.89 bits per heavy atom. The molecule has 0 bridgehead atoms. The molecule has 0 saturated heterocycles. The van der Waals surface area contributed by atoms with E-state index >= 15 is 0 Å². The Morgan fingerprint density at radius 3 is 2.57 bits per heavy atom. The molecule has 7 nitrogen and oxygen atoms in total. The highest BCUT2D eigenvalue weighted by molar-refractivity contribution is 7.99. The number of nitrogen functional groups attached to an aromatic ring is 1. The maximum atomic E-state index is 5.63. The fourth-order valence-corrected chi connectivity index (χ4v) is 4.01. The molecule has 3 rings (SSSR count). The van der Waals surface area contributed by atoms with Crippen molar-refractivity contribution < 1.29 is 14.2 Å². The van der Waals surface area contributed by atoms with Gasteiger partial charge < -0.3 is 19.9 Å². The predicted molar refractivity (Wildman–Crippen MR) is 114 cm³/mol. The first-order valence-corrected chi connectivity index (χ1v) is 9.91. The first-order valence-electron chi connectivity index (χ1n) is 8.21. The summed E-state index contributed by atoms with van der Waals surface area (Å²) < 4.78 is 16.3. The Bertz CT molecular complexity index is 976. The Labute approximate surface area is 171 Å². The highest BCUT2D eigenvalue weighted by Gasteiger charge is 2.13. The number of nitrogens with one attached hydrogen (secondary N) is 1. The zero-order valence-corrected chi connectivity index (χ0v) is 17.3. The fraction of sp³-hybridized carbons (Fsp3) is 0.158. The molecule has 0 unspecified atom stereocenters. The standard InChI is InChI=1S/C19H20N4O3S2/c1-24-12-7-8-15(26-3)17(9-12)28-16-6-4-5-14(25-2)13(16)10-21-23-19-22-18(20)11-27-19/h4-11H,20H2,1-3H3,(H,22,23). The summed E-state index contributed by atoms with van der Waals surface area (Å²) in [6.07, 6.45) is 1.70. The van der Waals surface area contributed by atoms with Crippen molar-refractivity contribution in [3.63, 3.8) is 0 Å². The molecule has 0 saturated carbocycles. The van der Waals surface area contributed by atoms with Crippen molar-refractivity contribution >= 4 is 40.3 Å². The number of nitrogens with zero attached hydrogens (tertiary/aromatic N) is 2. The van der Waals surface area contributed by atoms with Crippen LogP contribution in [-0.4, -0.2) is 32.5 Å². The van der Waals surface area contributed by atoms with Crippen molar-refractivity contribution in [3.8, 4) is 17.2 Å². The van der Waals surface area contributed by atoms with Crippen LogP contribution in [-0.2, 0) is 0 Å². The van der Waals surface area contributed by atoms with E-state index in [-0.39, 0.29) is 0 Å². The average Bonchev–Trinajstić information content (AvgIpc) is 3.13. The number of anilines is 2. The predicted octanol–water partition coefficient (Wildman–Crippen LogP) is 4.35. The number of thiazole rings is 1. The van der Waals surface area contributed by atoms with Crippen LogP contribution in [0.3, 0.4) is 0 Å². The fourth-order valence-electron chi connectivity index (χ4n) is 2.39. The number of benzene rings is 2. The maximum Gasteiger partial charge on any atom is 0.205 e. The molecule has 28 heavy (non-hydrogen) atoms. The minimum absolute atomic E-state index is 0.460. The van der Waals surface area contributed by atoms with Crippen LogP contribution in [0, 0.1) is 0 Å². The van der Waals surface area contributed by atoms with Gasteiger partial charge in [0.1, 0.15) is 23.1 Å². The Balaban J connectivity index is 1.91. The molecule has 0 fully saturated rings. The summed E-state index contributed by atoms with van der Waals surface area (Å²) in [7, 11) is 4.91. The number of hydrogen-bond acceptors (Lipinski definition) is 9. The second-order valence-electron chi connectivity index (χ2n) is 5.44. The van der Waals surface area contributed by atoms with Crippen molar-refractivity contribution in [1.29, 1.82) is 0 Å². The van der Waals surface area contributed by atoms with Gasteiger partial charge in [0.25, 0.3) is 0 Å². The molecule has 0 aliphatic heterocycles. The van der Waals surface area contributed by atoms with E-state index in [0.717, 1.165) is 26.9 Å². The lowest BCUT2D eigenvalue weighted by molar-refractivity contribution is 0.394. The molecule has 0 aliphatic rings. The summed E-state index contributed by atoms with van der Waals surface area (Å²) in [4.78, 5) is 6.00. The molecule has 0 atom stereocenters. The number of rotatable bonds is 8. The lowest BCUT2D eigenvalue weighted by atomic mass is 10.2. The van der Waals surface area contributed by atoms with Gasteiger partial charge in [-0.25, -0.2) is 4.98 Å². The normalized spacial score (nSPS) is 10.8. The zero-order chi connectivity index (χ0) is 19.9. The number of aromatic nitrogens is 1. The maximum absolute atomic E-state index is 5.63. The third-order valence-electron chi connectivity index (χ3n) is 3.71. The van der Waals surface area contributed by atoms with Crippen LogP contribution in [0.1, 0.15) is 5.56 Å². The van der Waals surface area contributed by atoms with Crippen LogP contribution in [0.4, 0.5) is 10.9 Å². The number of ether oxygens (including phenoxy) is 3. The quantitative estimate of drug-likeness (QED) is 0.417. The summed E-state index contributed by atoms with van der Waals surface area (Å²) in [5.74, 6) is 2.68. The molecule has 3 N–H and O–H groups in total. The minimum atomic E-state index is 0.460. The first-order chi connectivity index (χ1) is 13.6. The second-order valence-corrected chi connectivity index (χ2v) is 7.38. The topological polar surface area (TPSA) is 91.0 Å². The summed E-state index contributed by atoms with van der Waals surface area (Å²) in [5, 5.41) is 6.65. The molecule has 9 heteroatoms. The van der Waals surface area contributed by atoms with E-state index in [4.69, 9.17) is 19.9 Å². The van der Waals surface area contributed by atoms with Gasteiger partial charge >= 0.3 is 0 Å². The van der Waals surface area contributed by atoms with E-state index in [1.54, 1.807) is 32.9 Å². The first kappa shape index (κ1) is 19.8. The van der Waals surface area contributed by atoms with E-state index in [9.17, 15) is 0 Å². The summed E-state index contributed by atoms with van der Waals surface area (Å²) in [6, 6.07) is 11.5.